The molecule has 0 saturated heterocycles. The van der Waals surface area contributed by atoms with E-state index in [0.29, 0.717) is 23.2 Å². The van der Waals surface area contributed by atoms with Crippen LogP contribution >= 0.6 is 0 Å². The normalized spacial score (nSPS) is 13.9. The fourth-order valence-electron chi connectivity index (χ4n) is 3.99. The van der Waals surface area contributed by atoms with Gasteiger partial charge in [0.2, 0.25) is 6.36 Å². The minimum Gasteiger partial charge on any atom is -0.497 e. The number of benzene rings is 2. The van der Waals surface area contributed by atoms with Crippen molar-refractivity contribution in [3.63, 3.8) is 0 Å². The Morgan fingerprint density at radius 1 is 1.17 bits per heavy atom. The Morgan fingerprint density at radius 2 is 1.93 bits per heavy atom. The van der Waals surface area contributed by atoms with Gasteiger partial charge in [-0.25, -0.2) is 42.9 Å². The van der Waals surface area contributed by atoms with Crippen molar-refractivity contribution in [2.24, 2.45) is 0 Å². The lowest BCUT2D eigenvalue weighted by molar-refractivity contribution is -0.0655. The van der Waals surface area contributed by atoms with E-state index < -0.39 is 53.9 Å². The number of aliphatic hydroxyl groups is 1. The number of carbonyl (C=O) groups is 2. The number of hydrogen-bond donors (Lipinski definition) is 3. The highest BCUT2D eigenvalue weighted by Crippen LogP contribution is 2.34. The van der Waals surface area contributed by atoms with Crippen LogP contribution in [0.1, 0.15) is 32.3 Å². The molecule has 1 unspecified atom stereocenters. The molecule has 12 nitrogen and oxygen atoms in total. The first kappa shape index (κ1) is 31.0. The minimum absolute atomic E-state index is 0.102. The lowest BCUT2D eigenvalue weighted by atomic mass is 9.86. The second-order valence-corrected chi connectivity index (χ2v) is 8.90. The first-order valence-corrected chi connectivity index (χ1v) is 12.5. The molecule has 1 heterocycles. The minimum atomic E-state index is -2.36. The third kappa shape index (κ3) is 7.57. The third-order valence-corrected chi connectivity index (χ3v) is 6.18. The number of anilines is 1. The molecule has 0 aliphatic carbocycles. The Bertz CT molecular complexity index is 1330. The van der Waals surface area contributed by atoms with Crippen molar-refractivity contribution >= 4 is 17.8 Å². The quantitative estimate of drug-likeness (QED) is 0.288. The smallest absolute Gasteiger partial charge is 0.428 e. The molecule has 1 aromatic heterocycles. The number of rotatable bonds is 11. The summed E-state index contributed by atoms with van der Waals surface area (Å²) >= 11 is 0. The molecule has 15 heteroatoms. The van der Waals surface area contributed by atoms with Crippen LogP contribution < -0.4 is 20.2 Å². The van der Waals surface area contributed by atoms with Crippen LogP contribution in [0.25, 0.3) is 0 Å². The Balaban J connectivity index is 2.05. The number of urea groups is 1. The van der Waals surface area contributed by atoms with Gasteiger partial charge in [0.1, 0.15) is 41.4 Å². The molecule has 3 rings (SSSR count). The van der Waals surface area contributed by atoms with E-state index in [1.165, 1.54) is 45.7 Å². The van der Waals surface area contributed by atoms with E-state index in [0.717, 1.165) is 23.1 Å². The van der Waals surface area contributed by atoms with Crippen LogP contribution in [-0.2, 0) is 16.9 Å². The first-order chi connectivity index (χ1) is 19.5. The molecule has 222 valence electrons. The van der Waals surface area contributed by atoms with Gasteiger partial charge in [0.05, 0.1) is 32.5 Å². The van der Waals surface area contributed by atoms with E-state index in [2.05, 4.69) is 20.8 Å². The van der Waals surface area contributed by atoms with Gasteiger partial charge in [0.25, 0.3) is 0 Å². The summed E-state index contributed by atoms with van der Waals surface area (Å²) in [6.07, 6.45) is -0.686. The van der Waals surface area contributed by atoms with Gasteiger partial charge in [0.15, 0.2) is 0 Å². The number of hydrogen-bond acceptors (Lipinski definition) is 8. The molecular weight excluding hydrogens is 549 g/mol. The van der Waals surface area contributed by atoms with Crippen molar-refractivity contribution in [3.05, 3.63) is 66.3 Å². The van der Waals surface area contributed by atoms with Crippen LogP contribution in [0.3, 0.4) is 0 Å². The number of nitrogens with zero attached hydrogens (tertiary/aromatic N) is 4. The largest absolute Gasteiger partial charge is 0.497 e. The number of nitrogens with one attached hydrogen (secondary N) is 2. The van der Waals surface area contributed by atoms with Gasteiger partial charge in [0, 0.05) is 24.1 Å². The predicted octanol–water partition coefficient (Wildman–Crippen LogP) is 4.12. The second kappa shape index (κ2) is 13.7. The van der Waals surface area contributed by atoms with Crippen LogP contribution in [0.4, 0.5) is 28.4 Å². The highest BCUT2D eigenvalue weighted by Gasteiger charge is 2.45. The van der Waals surface area contributed by atoms with Gasteiger partial charge in [-0.05, 0) is 31.5 Å². The van der Waals surface area contributed by atoms with E-state index in [1.807, 2.05) is 0 Å². The third-order valence-electron chi connectivity index (χ3n) is 6.18. The predicted molar refractivity (Wildman–Crippen MR) is 140 cm³/mol. The summed E-state index contributed by atoms with van der Waals surface area (Å²) in [6.45, 7) is 2.47. The molecule has 3 N–H and O–H groups in total. The second-order valence-electron chi connectivity index (χ2n) is 8.90. The molecule has 2 aromatic carbocycles. The summed E-state index contributed by atoms with van der Waals surface area (Å²) in [5.74, 6) is -1.44. The summed E-state index contributed by atoms with van der Waals surface area (Å²) < 4.78 is 59.2. The van der Waals surface area contributed by atoms with Gasteiger partial charge in [-0.2, -0.15) is 5.10 Å². The zero-order valence-corrected chi connectivity index (χ0v) is 22.8. The average molecular weight is 581 g/mol. The number of alkyl halides is 1. The number of hydrazine groups is 1. The number of methoxy groups -OCH3 is 2. The van der Waals surface area contributed by atoms with Gasteiger partial charge in [-0.15, -0.1) is 0 Å². The lowest BCUT2D eigenvalue weighted by Crippen LogP contribution is -2.61. The fraction of sp³-hybridized carbons (Fsp3) is 0.385. The molecule has 0 radical (unpaired) electrons. The molecule has 3 aromatic rings. The van der Waals surface area contributed by atoms with E-state index in [1.54, 1.807) is 6.92 Å². The van der Waals surface area contributed by atoms with Crippen LogP contribution in [0.15, 0.2) is 49.1 Å². The molecule has 0 fully saturated rings. The number of ether oxygens (including phenoxy) is 3. The fourth-order valence-corrected chi connectivity index (χ4v) is 3.99. The monoisotopic (exact) mass is 580 g/mol. The molecule has 0 bridgehead atoms. The zero-order valence-electron chi connectivity index (χ0n) is 22.8. The van der Waals surface area contributed by atoms with E-state index in [9.17, 15) is 23.5 Å². The summed E-state index contributed by atoms with van der Waals surface area (Å²) in [6, 6.07) is 4.37. The first-order valence-electron chi connectivity index (χ1n) is 12.5. The van der Waals surface area contributed by atoms with Gasteiger partial charge in [-0.3, -0.25) is 0 Å². The number of carbonyl (C=O) groups excluding carboxylic acids is 2. The lowest BCUT2D eigenvalue weighted by Gasteiger charge is -2.40. The summed E-state index contributed by atoms with van der Waals surface area (Å²) in [7, 11) is 2.79. The maximum Gasteiger partial charge on any atom is 0.428 e. The van der Waals surface area contributed by atoms with Gasteiger partial charge in [-0.1, -0.05) is 13.0 Å². The van der Waals surface area contributed by atoms with E-state index in [4.69, 9.17) is 14.2 Å². The van der Waals surface area contributed by atoms with E-state index in [-0.39, 0.29) is 17.9 Å². The van der Waals surface area contributed by atoms with Crippen molar-refractivity contribution in [1.82, 2.24) is 25.2 Å². The summed E-state index contributed by atoms with van der Waals surface area (Å²) in [5.41, 5.74) is -0.530. The Morgan fingerprint density at radius 3 is 2.54 bits per heavy atom. The Hall–Kier alpha value is -4.53. The van der Waals surface area contributed by atoms with E-state index >= 15 is 4.39 Å². The van der Waals surface area contributed by atoms with Crippen molar-refractivity contribution < 1.29 is 42.1 Å². The summed E-state index contributed by atoms with van der Waals surface area (Å²) in [4.78, 5) is 30.0. The summed E-state index contributed by atoms with van der Waals surface area (Å²) in [5, 5.41) is 19.0. The maximum absolute atomic E-state index is 15.1. The number of halogens is 3. The molecule has 0 spiro atoms. The maximum atomic E-state index is 15.1. The molecule has 3 atom stereocenters. The zero-order chi connectivity index (χ0) is 30.2. The highest BCUT2D eigenvalue weighted by molar-refractivity contribution is 5.92. The van der Waals surface area contributed by atoms with Crippen molar-refractivity contribution in [2.75, 3.05) is 19.5 Å². The van der Waals surface area contributed by atoms with Crippen molar-refractivity contribution in [2.45, 2.75) is 51.2 Å². The van der Waals surface area contributed by atoms with Crippen molar-refractivity contribution in [1.29, 1.82) is 0 Å². The molecule has 0 aliphatic rings. The molecule has 41 heavy (non-hydrogen) atoms. The molecule has 3 amide bonds. The van der Waals surface area contributed by atoms with Crippen LogP contribution in [0.5, 0.6) is 11.5 Å². The van der Waals surface area contributed by atoms with Gasteiger partial charge < -0.3 is 24.6 Å². The average Bonchev–Trinajstić information content (AvgIpc) is 3.44. The van der Waals surface area contributed by atoms with Crippen LogP contribution in [0, 0.1) is 11.6 Å². The van der Waals surface area contributed by atoms with Crippen LogP contribution in [0.2, 0.25) is 0 Å². The topological polar surface area (TPSA) is 140 Å². The standard InChI is InChI=1S/C26H31F3N6O6/c1-5-6-23(29)41-25(37)33-35(24(36)32-21-10-8-18(39-3)12-22(21)40-4)16(2)26(38,13-34-15-30-14-31-34)19-9-7-17(27)11-20(19)28/h7-12,14-16,23,38H,5-6,13H2,1-4H3,(H,32,36)(H,33,37)/t16-,23?,26-/m1/s1. The highest BCUT2D eigenvalue weighted by atomic mass is 19.1. The number of aromatic nitrogens is 3. The Labute approximate surface area is 234 Å². The van der Waals surface area contributed by atoms with Crippen LogP contribution in [-0.4, -0.2) is 63.6 Å². The molecule has 0 saturated carbocycles. The SMILES string of the molecule is CCCC(F)OC(=O)NN(C(=O)Nc1ccc(OC)cc1OC)[C@H](C)[C@](O)(Cn1cncn1)c1ccc(F)cc1F. The van der Waals surface area contributed by atoms with Gasteiger partial charge >= 0.3 is 12.1 Å². The van der Waals surface area contributed by atoms with Crippen molar-refractivity contribution in [3.8, 4) is 11.5 Å². The molecular formula is C26H31F3N6O6. The molecule has 0 aliphatic heterocycles. The number of amides is 3. The Kier molecular flexibility index (Phi) is 10.4.